The van der Waals surface area contributed by atoms with Crippen LogP contribution in [0.25, 0.3) is 0 Å². The van der Waals surface area contributed by atoms with Crippen molar-refractivity contribution in [1.82, 2.24) is 0 Å². The highest BCUT2D eigenvalue weighted by Crippen LogP contribution is 2.45. The molecule has 2 aliphatic rings. The first-order valence-electron chi connectivity index (χ1n) is 8.29. The lowest BCUT2D eigenvalue weighted by atomic mass is 10.1. The monoisotopic (exact) mass is 355 g/mol. The molecule has 0 spiro atoms. The molecule has 0 radical (unpaired) electrons. The van der Waals surface area contributed by atoms with Gasteiger partial charge in [-0.15, -0.1) is 0 Å². The largest absolute Gasteiger partial charge is 0.632 e. The summed E-state index contributed by atoms with van der Waals surface area (Å²) < 4.78 is 36.8. The fourth-order valence-corrected chi connectivity index (χ4v) is 5.73. The van der Waals surface area contributed by atoms with Gasteiger partial charge in [-0.05, 0) is 32.4 Å². The summed E-state index contributed by atoms with van der Waals surface area (Å²) in [7, 11) is -2.03. The van der Waals surface area contributed by atoms with Crippen LogP contribution in [0.1, 0.15) is 27.2 Å². The summed E-state index contributed by atoms with van der Waals surface area (Å²) in [5, 5.41) is 13.2. The van der Waals surface area contributed by atoms with Gasteiger partial charge in [-0.3, -0.25) is 0 Å². The van der Waals surface area contributed by atoms with E-state index >= 15 is 0 Å². The molecule has 3 rings (SSSR count). The zero-order valence-electron chi connectivity index (χ0n) is 14.5. The number of sulfone groups is 1. The van der Waals surface area contributed by atoms with E-state index in [0.717, 1.165) is 0 Å². The van der Waals surface area contributed by atoms with Gasteiger partial charge in [-0.25, -0.2) is 8.42 Å². The number of rotatable bonds is 4. The highest BCUT2D eigenvalue weighted by Gasteiger charge is 2.62. The van der Waals surface area contributed by atoms with Crippen LogP contribution in [0.4, 0.5) is 0 Å². The second kappa shape index (κ2) is 5.78. The van der Waals surface area contributed by atoms with E-state index in [0.29, 0.717) is 6.42 Å². The predicted molar refractivity (Wildman–Crippen MR) is 89.7 cm³/mol. The van der Waals surface area contributed by atoms with Crippen molar-refractivity contribution in [1.29, 1.82) is 0 Å². The van der Waals surface area contributed by atoms with Crippen LogP contribution in [0.2, 0.25) is 0 Å². The Morgan fingerprint density at radius 3 is 2.21 bits per heavy atom. The van der Waals surface area contributed by atoms with Crippen molar-refractivity contribution in [3.8, 4) is 0 Å². The molecule has 0 N–H and O–H groups in total. The molecule has 7 heteroatoms. The van der Waals surface area contributed by atoms with E-state index in [1.807, 2.05) is 6.92 Å². The molecule has 0 aromatic heterocycles. The second-order valence-corrected chi connectivity index (χ2v) is 9.30. The number of fused-ring (bicyclic) bond motifs is 1. The number of hydrogen-bond acceptors (Lipinski definition) is 5. The van der Waals surface area contributed by atoms with Crippen LogP contribution in [-0.4, -0.2) is 55.9 Å². The maximum atomic E-state index is 13.2. The Kier molecular flexibility index (Phi) is 4.29. The molecule has 24 heavy (non-hydrogen) atoms. The number of benzene rings is 1. The number of nitrogens with zero attached hydrogens (tertiary/aromatic N) is 1. The topological polar surface area (TPSA) is 75.7 Å². The van der Waals surface area contributed by atoms with E-state index in [-0.39, 0.29) is 22.8 Å². The molecule has 2 saturated heterocycles. The van der Waals surface area contributed by atoms with Crippen molar-refractivity contribution in [3.63, 3.8) is 0 Å². The summed E-state index contributed by atoms with van der Waals surface area (Å²) in [4.78, 5) is 0.236. The van der Waals surface area contributed by atoms with Crippen molar-refractivity contribution >= 4 is 9.84 Å². The Balaban J connectivity index is 1.94. The van der Waals surface area contributed by atoms with Gasteiger partial charge in [-0.1, -0.05) is 25.1 Å². The van der Waals surface area contributed by atoms with E-state index in [2.05, 4.69) is 0 Å². The molecule has 0 amide bonds. The van der Waals surface area contributed by atoms with E-state index < -0.39 is 32.4 Å². The van der Waals surface area contributed by atoms with Crippen molar-refractivity contribution in [2.75, 3.05) is 12.8 Å². The summed E-state index contributed by atoms with van der Waals surface area (Å²) in [5.74, 6) is -1.04. The van der Waals surface area contributed by atoms with Crippen LogP contribution in [0, 0.1) is 5.21 Å². The minimum absolute atomic E-state index is 0.236. The number of hydroxylamine groups is 3. The molecule has 0 bridgehead atoms. The highest BCUT2D eigenvalue weighted by atomic mass is 32.2. The number of ether oxygens (including phenoxy) is 2. The summed E-state index contributed by atoms with van der Waals surface area (Å²) in [5.41, 5.74) is 0. The number of likely N-dealkylation sites (N-methyl/N-ethyl adjacent to an activating group) is 1. The molecular formula is C17H25NO5S. The van der Waals surface area contributed by atoms with Crippen LogP contribution in [0.5, 0.6) is 0 Å². The minimum atomic E-state index is -3.57. The van der Waals surface area contributed by atoms with Gasteiger partial charge < -0.3 is 19.3 Å². The van der Waals surface area contributed by atoms with Crippen LogP contribution in [0.3, 0.4) is 0 Å². The highest BCUT2D eigenvalue weighted by molar-refractivity contribution is 7.91. The van der Waals surface area contributed by atoms with Crippen LogP contribution in [0.15, 0.2) is 35.2 Å². The van der Waals surface area contributed by atoms with Gasteiger partial charge >= 0.3 is 0 Å². The van der Waals surface area contributed by atoms with Crippen molar-refractivity contribution < 1.29 is 22.5 Å². The predicted octanol–water partition coefficient (Wildman–Crippen LogP) is 2.09. The smallest absolute Gasteiger partial charge is 0.184 e. The number of quaternary nitrogens is 1. The third-order valence-electron chi connectivity index (χ3n) is 5.15. The second-order valence-electron chi connectivity index (χ2n) is 7.26. The Morgan fingerprint density at radius 1 is 1.12 bits per heavy atom. The van der Waals surface area contributed by atoms with Gasteiger partial charge in [-0.2, -0.15) is 0 Å². The van der Waals surface area contributed by atoms with Gasteiger partial charge in [0.2, 0.25) is 0 Å². The minimum Gasteiger partial charge on any atom is -0.632 e. The van der Waals surface area contributed by atoms with Crippen molar-refractivity contribution in [2.45, 2.75) is 62.2 Å². The third kappa shape index (κ3) is 2.88. The van der Waals surface area contributed by atoms with Crippen molar-refractivity contribution in [3.05, 3.63) is 35.5 Å². The molecule has 0 saturated carbocycles. The SMILES string of the molecule is CC[C@@H]1[C@@H]2OC(C)(C)O[C@@H]2[C@H](CS(=O)(=O)c2ccccc2)[N@+]1(C)[O-]. The average molecular weight is 355 g/mol. The van der Waals surface area contributed by atoms with Crippen LogP contribution in [-0.2, 0) is 19.3 Å². The lowest BCUT2D eigenvalue weighted by Crippen LogP contribution is -2.55. The van der Waals surface area contributed by atoms with E-state index in [4.69, 9.17) is 9.47 Å². The van der Waals surface area contributed by atoms with E-state index in [9.17, 15) is 13.6 Å². The Labute approximate surface area is 143 Å². The Bertz CT molecular complexity index is 701. The quantitative estimate of drug-likeness (QED) is 0.611. The standard InChI is InChI=1S/C17H25NO5S/c1-5-13-15-16(23-17(2,3)22-15)14(18(13,4)19)11-24(20,21)12-9-7-6-8-10-12/h6-10,13-16H,5,11H2,1-4H3/t13-,14+,15+,16-,18-/m1/s1. The molecular weight excluding hydrogens is 330 g/mol. The fraction of sp³-hybridized carbons (Fsp3) is 0.647. The Hall–Kier alpha value is -0.990. The molecule has 0 unspecified atom stereocenters. The van der Waals surface area contributed by atoms with Gasteiger partial charge in [0, 0.05) is 0 Å². The first-order chi connectivity index (χ1) is 11.1. The van der Waals surface area contributed by atoms with Gasteiger partial charge in [0.1, 0.15) is 30.0 Å². The molecule has 1 aromatic rings. The lowest BCUT2D eigenvalue weighted by molar-refractivity contribution is -0.899. The van der Waals surface area contributed by atoms with Crippen LogP contribution >= 0.6 is 0 Å². The van der Waals surface area contributed by atoms with Gasteiger partial charge in [0.05, 0.1) is 11.9 Å². The first kappa shape index (κ1) is 17.8. The zero-order chi connectivity index (χ0) is 17.8. The molecule has 5 atom stereocenters. The Morgan fingerprint density at radius 2 is 1.67 bits per heavy atom. The molecule has 2 fully saturated rings. The molecule has 2 heterocycles. The molecule has 2 aliphatic heterocycles. The van der Waals surface area contributed by atoms with Gasteiger partial charge in [0.15, 0.2) is 15.6 Å². The first-order valence-corrected chi connectivity index (χ1v) is 9.94. The average Bonchev–Trinajstić information content (AvgIpc) is 2.89. The summed E-state index contributed by atoms with van der Waals surface area (Å²) in [6.45, 7) is 5.53. The molecule has 1 aromatic carbocycles. The fourth-order valence-electron chi connectivity index (χ4n) is 4.03. The normalized spacial score (nSPS) is 38.2. The summed E-state index contributed by atoms with van der Waals surface area (Å²) >= 11 is 0. The molecule has 6 nitrogen and oxygen atoms in total. The zero-order valence-corrected chi connectivity index (χ0v) is 15.3. The summed E-state index contributed by atoms with van der Waals surface area (Å²) in [6.07, 6.45) is -0.267. The van der Waals surface area contributed by atoms with E-state index in [1.54, 1.807) is 44.2 Å². The molecule has 0 aliphatic carbocycles. The number of hydrogen-bond donors (Lipinski definition) is 0. The summed E-state index contributed by atoms with van der Waals surface area (Å²) in [6, 6.07) is 7.22. The van der Waals surface area contributed by atoms with Crippen LogP contribution < -0.4 is 0 Å². The van der Waals surface area contributed by atoms with Gasteiger partial charge in [0.25, 0.3) is 0 Å². The number of likely N-dealkylation sites (tertiary alicyclic amines) is 1. The maximum absolute atomic E-state index is 13.2. The third-order valence-corrected chi connectivity index (χ3v) is 6.92. The maximum Gasteiger partial charge on any atom is 0.184 e. The van der Waals surface area contributed by atoms with E-state index in [1.165, 1.54) is 7.05 Å². The molecule has 134 valence electrons. The lowest BCUT2D eigenvalue weighted by Gasteiger charge is -2.46. The van der Waals surface area contributed by atoms with Crippen molar-refractivity contribution in [2.24, 2.45) is 0 Å².